The number of rotatable bonds is 4. The number of phosphoric acid groups is 1. The van der Waals surface area contributed by atoms with E-state index in [1.165, 1.54) is 10.9 Å². The summed E-state index contributed by atoms with van der Waals surface area (Å²) in [6.07, 6.45) is -0.300. The number of nitrogens with zero attached hydrogens (tertiary/aromatic N) is 3. The number of imidazole rings is 1. The molecule has 0 aromatic carbocycles. The third-order valence-corrected chi connectivity index (χ3v) is 3.36. The van der Waals surface area contributed by atoms with Gasteiger partial charge in [-0.1, -0.05) is 0 Å². The SMILES string of the molecule is Nc1nc2c(ncn2[C@H]2CO[C@@H](COP(=O)(O)O)O2)c(=O)[nH]1. The van der Waals surface area contributed by atoms with Gasteiger partial charge in [-0.05, 0) is 0 Å². The Morgan fingerprint density at radius 2 is 2.36 bits per heavy atom. The van der Waals surface area contributed by atoms with Crippen molar-refractivity contribution in [3.63, 3.8) is 0 Å². The second-order valence-corrected chi connectivity index (χ2v) is 5.65. The lowest BCUT2D eigenvalue weighted by atomic mass is 10.5. The number of anilines is 1. The molecule has 22 heavy (non-hydrogen) atoms. The Labute approximate surface area is 122 Å². The molecule has 3 rings (SSSR count). The normalized spacial score (nSPS) is 22.5. The summed E-state index contributed by atoms with van der Waals surface area (Å²) in [6, 6.07) is 0. The second-order valence-electron chi connectivity index (χ2n) is 4.42. The van der Waals surface area contributed by atoms with Gasteiger partial charge in [-0.15, -0.1) is 0 Å². The van der Waals surface area contributed by atoms with Crippen molar-refractivity contribution in [2.24, 2.45) is 0 Å². The molecule has 0 unspecified atom stereocenters. The monoisotopic (exact) mass is 333 g/mol. The molecule has 0 bridgehead atoms. The number of fused-ring (bicyclic) bond motifs is 1. The molecule has 120 valence electrons. The Hall–Kier alpha value is -1.82. The van der Waals surface area contributed by atoms with E-state index in [2.05, 4.69) is 19.5 Å². The van der Waals surface area contributed by atoms with Crippen molar-refractivity contribution in [2.45, 2.75) is 12.5 Å². The highest BCUT2D eigenvalue weighted by atomic mass is 31.2. The van der Waals surface area contributed by atoms with Gasteiger partial charge in [0.2, 0.25) is 5.95 Å². The third kappa shape index (κ3) is 3.02. The van der Waals surface area contributed by atoms with Gasteiger partial charge in [0.25, 0.3) is 5.56 Å². The van der Waals surface area contributed by atoms with Crippen LogP contribution in [0.25, 0.3) is 11.2 Å². The molecule has 0 saturated carbocycles. The fraction of sp³-hybridized carbons (Fsp3) is 0.444. The lowest BCUT2D eigenvalue weighted by molar-refractivity contribution is -0.0962. The minimum atomic E-state index is -4.60. The van der Waals surface area contributed by atoms with Crippen LogP contribution in [-0.2, 0) is 18.6 Å². The van der Waals surface area contributed by atoms with Gasteiger partial charge < -0.3 is 25.0 Å². The Morgan fingerprint density at radius 3 is 3.09 bits per heavy atom. The van der Waals surface area contributed by atoms with E-state index in [1.54, 1.807) is 0 Å². The third-order valence-electron chi connectivity index (χ3n) is 2.87. The highest BCUT2D eigenvalue weighted by molar-refractivity contribution is 7.46. The van der Waals surface area contributed by atoms with Gasteiger partial charge in [0.1, 0.15) is 6.61 Å². The first-order valence-electron chi connectivity index (χ1n) is 6.03. The van der Waals surface area contributed by atoms with Crippen LogP contribution < -0.4 is 11.3 Å². The lowest BCUT2D eigenvalue weighted by Gasteiger charge is -2.13. The maximum Gasteiger partial charge on any atom is 0.469 e. The number of aromatic nitrogens is 4. The van der Waals surface area contributed by atoms with Crippen LogP contribution in [0.5, 0.6) is 0 Å². The topological polar surface area (TPSA) is 175 Å². The summed E-state index contributed by atoms with van der Waals surface area (Å²) in [4.78, 5) is 39.2. The first-order chi connectivity index (χ1) is 10.3. The standard InChI is InChI=1S/C9H12N5O7P/c10-9-12-7-6(8(15)13-9)11-3-14(7)4-1-19-5(21-4)2-20-22(16,17)18/h3-5H,1-2H2,(H2,16,17,18)(H3,10,12,13,15)/t4-,5-/m1/s1. The van der Waals surface area contributed by atoms with Gasteiger partial charge in [0.15, 0.2) is 23.7 Å². The summed E-state index contributed by atoms with van der Waals surface area (Å²) >= 11 is 0. The molecule has 3 heterocycles. The van der Waals surface area contributed by atoms with Gasteiger partial charge in [0.05, 0.1) is 12.9 Å². The van der Waals surface area contributed by atoms with E-state index in [0.29, 0.717) is 0 Å². The van der Waals surface area contributed by atoms with Crippen LogP contribution in [0.2, 0.25) is 0 Å². The number of nitrogens with one attached hydrogen (secondary N) is 1. The fourth-order valence-corrected chi connectivity index (χ4v) is 2.30. The summed E-state index contributed by atoms with van der Waals surface area (Å²) < 4.78 is 27.0. The van der Waals surface area contributed by atoms with Crippen LogP contribution in [0, 0.1) is 0 Å². The molecule has 1 aliphatic rings. The van der Waals surface area contributed by atoms with E-state index in [-0.39, 0.29) is 23.7 Å². The summed E-state index contributed by atoms with van der Waals surface area (Å²) in [6.45, 7) is -0.376. The molecule has 12 nitrogen and oxygen atoms in total. The predicted octanol–water partition coefficient (Wildman–Crippen LogP) is -1.32. The van der Waals surface area contributed by atoms with E-state index in [4.69, 9.17) is 25.0 Å². The molecule has 1 fully saturated rings. The smallest absolute Gasteiger partial charge is 0.369 e. The lowest BCUT2D eigenvalue weighted by Crippen LogP contribution is -2.18. The number of hydrogen-bond donors (Lipinski definition) is 4. The zero-order valence-corrected chi connectivity index (χ0v) is 11.8. The molecule has 13 heteroatoms. The molecule has 0 spiro atoms. The molecule has 5 N–H and O–H groups in total. The van der Waals surface area contributed by atoms with Crippen LogP contribution in [0.4, 0.5) is 5.95 Å². The Bertz CT molecular complexity index is 797. The van der Waals surface area contributed by atoms with Crippen LogP contribution in [0.15, 0.2) is 11.1 Å². The molecule has 2 aromatic heterocycles. The summed E-state index contributed by atoms with van der Waals surface area (Å²) in [5.74, 6) is -0.0699. The number of nitrogen functional groups attached to an aromatic ring is 1. The van der Waals surface area contributed by atoms with Crippen molar-refractivity contribution in [1.82, 2.24) is 19.5 Å². The van der Waals surface area contributed by atoms with Crippen LogP contribution >= 0.6 is 7.82 Å². The second kappa shape index (κ2) is 5.43. The summed E-state index contributed by atoms with van der Waals surface area (Å²) in [7, 11) is -4.60. The van der Waals surface area contributed by atoms with Crippen molar-refractivity contribution in [2.75, 3.05) is 18.9 Å². The van der Waals surface area contributed by atoms with Crippen molar-refractivity contribution >= 4 is 24.9 Å². The van der Waals surface area contributed by atoms with Gasteiger partial charge in [0, 0.05) is 0 Å². The molecular formula is C9H12N5O7P. The number of phosphoric ester groups is 1. The average molecular weight is 333 g/mol. The molecule has 1 saturated heterocycles. The van der Waals surface area contributed by atoms with E-state index < -0.39 is 32.5 Å². The zero-order chi connectivity index (χ0) is 15.9. The Morgan fingerprint density at radius 1 is 1.59 bits per heavy atom. The number of aromatic amines is 1. The predicted molar refractivity (Wildman–Crippen MR) is 70.4 cm³/mol. The Balaban J connectivity index is 1.79. The highest BCUT2D eigenvalue weighted by Gasteiger charge is 2.31. The Kier molecular flexibility index (Phi) is 3.72. The molecule has 0 aliphatic carbocycles. The van der Waals surface area contributed by atoms with Gasteiger partial charge in [-0.25, -0.2) is 9.55 Å². The first kappa shape index (κ1) is 15.1. The summed E-state index contributed by atoms with van der Waals surface area (Å²) in [5.41, 5.74) is 5.31. The number of ether oxygens (including phenoxy) is 2. The number of hydrogen-bond acceptors (Lipinski definition) is 8. The molecular weight excluding hydrogens is 321 g/mol. The van der Waals surface area contributed by atoms with Crippen molar-refractivity contribution < 1.29 is 28.3 Å². The molecule has 2 aromatic rings. The maximum absolute atomic E-state index is 11.7. The van der Waals surface area contributed by atoms with Crippen LogP contribution in [0.3, 0.4) is 0 Å². The van der Waals surface area contributed by atoms with Crippen molar-refractivity contribution in [3.8, 4) is 0 Å². The molecule has 2 atom stereocenters. The number of nitrogens with two attached hydrogens (primary N) is 1. The maximum atomic E-state index is 11.7. The minimum absolute atomic E-state index is 0.0645. The van der Waals surface area contributed by atoms with Crippen molar-refractivity contribution in [3.05, 3.63) is 16.7 Å². The van der Waals surface area contributed by atoms with E-state index >= 15 is 0 Å². The molecule has 0 radical (unpaired) electrons. The summed E-state index contributed by atoms with van der Waals surface area (Å²) in [5, 5.41) is 0. The van der Waals surface area contributed by atoms with E-state index in [9.17, 15) is 9.36 Å². The first-order valence-corrected chi connectivity index (χ1v) is 7.56. The molecule has 0 amide bonds. The fourth-order valence-electron chi connectivity index (χ4n) is 1.99. The quantitative estimate of drug-likeness (QED) is 0.491. The van der Waals surface area contributed by atoms with Gasteiger partial charge in [-0.2, -0.15) is 4.98 Å². The highest BCUT2D eigenvalue weighted by Crippen LogP contribution is 2.37. The van der Waals surface area contributed by atoms with E-state index in [1.807, 2.05) is 0 Å². The number of H-pyrrole nitrogens is 1. The zero-order valence-electron chi connectivity index (χ0n) is 10.9. The average Bonchev–Trinajstić information content (AvgIpc) is 3.01. The largest absolute Gasteiger partial charge is 0.469 e. The molecule has 1 aliphatic heterocycles. The van der Waals surface area contributed by atoms with Gasteiger partial charge in [-0.3, -0.25) is 18.9 Å². The van der Waals surface area contributed by atoms with Crippen molar-refractivity contribution in [1.29, 1.82) is 0 Å². The van der Waals surface area contributed by atoms with E-state index in [0.717, 1.165) is 0 Å². The van der Waals surface area contributed by atoms with Crippen LogP contribution in [0.1, 0.15) is 6.23 Å². The minimum Gasteiger partial charge on any atom is -0.369 e. The van der Waals surface area contributed by atoms with Gasteiger partial charge >= 0.3 is 7.82 Å². The van der Waals surface area contributed by atoms with Crippen LogP contribution in [-0.4, -0.2) is 48.8 Å².